The van der Waals surface area contributed by atoms with Crippen molar-refractivity contribution < 1.29 is 14.1 Å². The Labute approximate surface area is 80.7 Å². The molecule has 0 atom stereocenters. The van der Waals surface area contributed by atoms with Crippen molar-refractivity contribution in [1.82, 2.24) is 6.15 Å². The summed E-state index contributed by atoms with van der Waals surface area (Å²) < 4.78 is 5.03. The van der Waals surface area contributed by atoms with E-state index in [2.05, 4.69) is 0 Å². The van der Waals surface area contributed by atoms with E-state index in [0.29, 0.717) is 5.75 Å². The molecule has 0 aliphatic rings. The number of carbonyl (C=O) groups is 1. The van der Waals surface area contributed by atoms with Crippen LogP contribution in [0.2, 0.25) is 0 Å². The highest BCUT2D eigenvalue weighted by Gasteiger charge is 2.09. The van der Waals surface area contributed by atoms with Crippen LogP contribution in [0.15, 0.2) is 24.3 Å². The van der Waals surface area contributed by atoms with Gasteiger partial charge >= 0.3 is 5.97 Å². The fourth-order valence-corrected chi connectivity index (χ4v) is 1.13. The molecule has 4 nitrogen and oxygen atoms in total. The average molecular weight is 201 g/mol. The first-order chi connectivity index (χ1) is 5.75. The van der Waals surface area contributed by atoms with E-state index in [1.807, 2.05) is 0 Å². The number of hydrogen-bond donors (Lipinski definition) is 2. The Morgan fingerprint density at radius 1 is 1.46 bits per heavy atom. The summed E-state index contributed by atoms with van der Waals surface area (Å²) >= 11 is 1.12. The number of carboxylic acid groups (broad SMARTS) is 1. The minimum absolute atomic E-state index is 0. The molecule has 0 aliphatic carbocycles. The van der Waals surface area contributed by atoms with Crippen LogP contribution in [-0.4, -0.2) is 17.3 Å². The molecule has 4 N–H and O–H groups in total. The highest BCUT2D eigenvalue weighted by Crippen LogP contribution is 2.20. The molecule has 0 aliphatic heterocycles. The van der Waals surface area contributed by atoms with Crippen LogP contribution in [0.25, 0.3) is 0 Å². The van der Waals surface area contributed by atoms with Gasteiger partial charge in [-0.15, -0.1) is 0 Å². The van der Waals surface area contributed by atoms with Crippen molar-refractivity contribution in [3.05, 3.63) is 29.8 Å². The SMILES string of the molecule is CSOc1ccccc1C(=O)O.N. The molecule has 0 spiro atoms. The van der Waals surface area contributed by atoms with Crippen LogP contribution in [0.5, 0.6) is 5.75 Å². The van der Waals surface area contributed by atoms with Crippen molar-refractivity contribution in [2.45, 2.75) is 0 Å². The Kier molecular flexibility index (Phi) is 4.94. The third kappa shape index (κ3) is 2.96. The van der Waals surface area contributed by atoms with Gasteiger partial charge in [-0.25, -0.2) is 4.79 Å². The van der Waals surface area contributed by atoms with Gasteiger partial charge in [0.1, 0.15) is 5.56 Å². The molecule has 5 heteroatoms. The summed E-state index contributed by atoms with van der Waals surface area (Å²) in [5, 5.41) is 8.70. The van der Waals surface area contributed by atoms with Crippen LogP contribution < -0.4 is 10.3 Å². The molecular weight excluding hydrogens is 190 g/mol. The van der Waals surface area contributed by atoms with Crippen molar-refractivity contribution in [2.24, 2.45) is 0 Å². The van der Waals surface area contributed by atoms with Crippen LogP contribution >= 0.6 is 12.0 Å². The van der Waals surface area contributed by atoms with Crippen molar-refractivity contribution in [3.8, 4) is 5.75 Å². The summed E-state index contributed by atoms with van der Waals surface area (Å²) in [4.78, 5) is 10.6. The first-order valence-corrected chi connectivity index (χ1v) is 4.43. The lowest BCUT2D eigenvalue weighted by Crippen LogP contribution is -1.98. The van der Waals surface area contributed by atoms with Crippen molar-refractivity contribution >= 4 is 18.0 Å². The van der Waals surface area contributed by atoms with Gasteiger partial charge in [-0.05, 0) is 12.1 Å². The zero-order valence-electron chi connectivity index (χ0n) is 7.19. The van der Waals surface area contributed by atoms with Gasteiger partial charge in [0, 0.05) is 6.26 Å². The molecule has 0 saturated carbocycles. The summed E-state index contributed by atoms with van der Waals surface area (Å²) in [6, 6.07) is 6.53. The van der Waals surface area contributed by atoms with Gasteiger partial charge in [0.25, 0.3) is 0 Å². The first-order valence-electron chi connectivity index (χ1n) is 3.28. The van der Waals surface area contributed by atoms with E-state index in [0.717, 1.165) is 12.0 Å². The molecule has 0 heterocycles. The van der Waals surface area contributed by atoms with Gasteiger partial charge in [0.05, 0.1) is 12.0 Å². The highest BCUT2D eigenvalue weighted by atomic mass is 32.2. The van der Waals surface area contributed by atoms with Gasteiger partial charge in [-0.3, -0.25) is 0 Å². The maximum Gasteiger partial charge on any atom is 0.339 e. The summed E-state index contributed by atoms with van der Waals surface area (Å²) in [5.74, 6) is -0.586. The van der Waals surface area contributed by atoms with Gasteiger partial charge < -0.3 is 15.4 Å². The lowest BCUT2D eigenvalue weighted by molar-refractivity contribution is 0.0695. The quantitative estimate of drug-likeness (QED) is 0.732. The van der Waals surface area contributed by atoms with E-state index in [1.54, 1.807) is 24.5 Å². The van der Waals surface area contributed by atoms with E-state index in [9.17, 15) is 4.79 Å². The fraction of sp³-hybridized carbons (Fsp3) is 0.125. The van der Waals surface area contributed by atoms with Crippen LogP contribution in [-0.2, 0) is 0 Å². The second kappa shape index (κ2) is 5.45. The third-order valence-corrected chi connectivity index (χ3v) is 1.64. The van der Waals surface area contributed by atoms with E-state index in [1.165, 1.54) is 6.07 Å². The van der Waals surface area contributed by atoms with Gasteiger partial charge in [-0.2, -0.15) is 0 Å². The molecule has 0 unspecified atom stereocenters. The molecule has 0 aromatic heterocycles. The Bertz CT molecular complexity index is 290. The standard InChI is InChI=1S/C8H8O3S.H3N/c1-12-11-7-5-3-2-4-6(7)8(9)10;/h2-5H,1H3,(H,9,10);1H3. The number of rotatable bonds is 3. The summed E-state index contributed by atoms with van der Waals surface area (Å²) in [6.07, 6.45) is 1.73. The predicted octanol–water partition coefficient (Wildman–Crippen LogP) is 2.20. The third-order valence-electron chi connectivity index (χ3n) is 1.29. The second-order valence-corrected chi connectivity index (χ2v) is 2.55. The van der Waals surface area contributed by atoms with Crippen LogP contribution in [0.3, 0.4) is 0 Å². The second-order valence-electron chi connectivity index (χ2n) is 2.05. The predicted molar refractivity (Wildman–Crippen MR) is 52.6 cm³/mol. The molecule has 1 aromatic rings. The molecule has 72 valence electrons. The molecule has 0 radical (unpaired) electrons. The monoisotopic (exact) mass is 201 g/mol. The van der Waals surface area contributed by atoms with Crippen LogP contribution in [0, 0.1) is 0 Å². The topological polar surface area (TPSA) is 81.5 Å². The Hall–Kier alpha value is -1.20. The molecular formula is C8H11NO3S. The minimum atomic E-state index is -0.973. The smallest absolute Gasteiger partial charge is 0.339 e. The number of carboxylic acids is 1. The zero-order chi connectivity index (χ0) is 8.97. The van der Waals surface area contributed by atoms with E-state index in [-0.39, 0.29) is 11.7 Å². The van der Waals surface area contributed by atoms with Crippen LogP contribution in [0.1, 0.15) is 10.4 Å². The number of benzene rings is 1. The summed E-state index contributed by atoms with van der Waals surface area (Å²) in [7, 11) is 0. The fourth-order valence-electron chi connectivity index (χ4n) is 0.806. The molecule has 0 fully saturated rings. The van der Waals surface area contributed by atoms with E-state index >= 15 is 0 Å². The summed E-state index contributed by atoms with van der Waals surface area (Å²) in [5.41, 5.74) is 0.187. The highest BCUT2D eigenvalue weighted by molar-refractivity contribution is 7.94. The number of aromatic carboxylic acids is 1. The van der Waals surface area contributed by atoms with Gasteiger partial charge in [0.2, 0.25) is 0 Å². The first kappa shape index (κ1) is 11.8. The number of hydrogen-bond acceptors (Lipinski definition) is 4. The largest absolute Gasteiger partial charge is 0.478 e. The molecule has 0 bridgehead atoms. The maximum absolute atomic E-state index is 10.6. The lowest BCUT2D eigenvalue weighted by Gasteiger charge is -2.03. The minimum Gasteiger partial charge on any atom is -0.478 e. The molecule has 1 aromatic carbocycles. The van der Waals surface area contributed by atoms with E-state index in [4.69, 9.17) is 9.29 Å². The van der Waals surface area contributed by atoms with Crippen molar-refractivity contribution in [2.75, 3.05) is 6.26 Å². The van der Waals surface area contributed by atoms with Gasteiger partial charge in [0.15, 0.2) is 5.75 Å². The zero-order valence-corrected chi connectivity index (χ0v) is 8.00. The Morgan fingerprint density at radius 2 is 2.08 bits per heavy atom. The molecule has 1 rings (SSSR count). The van der Waals surface area contributed by atoms with E-state index < -0.39 is 5.97 Å². The Morgan fingerprint density at radius 3 is 2.62 bits per heavy atom. The molecule has 13 heavy (non-hydrogen) atoms. The average Bonchev–Trinajstić information content (AvgIpc) is 2.05. The molecule has 0 amide bonds. The van der Waals surface area contributed by atoms with Crippen LogP contribution in [0.4, 0.5) is 0 Å². The van der Waals surface area contributed by atoms with Crippen molar-refractivity contribution in [1.29, 1.82) is 0 Å². The molecule has 0 saturated heterocycles. The lowest BCUT2D eigenvalue weighted by atomic mass is 10.2. The maximum atomic E-state index is 10.6. The normalized spacial score (nSPS) is 8.69. The van der Waals surface area contributed by atoms with Crippen molar-refractivity contribution in [3.63, 3.8) is 0 Å². The summed E-state index contributed by atoms with van der Waals surface area (Å²) in [6.45, 7) is 0. The number of para-hydroxylation sites is 1. The van der Waals surface area contributed by atoms with Gasteiger partial charge in [-0.1, -0.05) is 12.1 Å². The Balaban J connectivity index is 0.00000144.